The van der Waals surface area contributed by atoms with Gasteiger partial charge in [0, 0.05) is 49.0 Å². The van der Waals surface area contributed by atoms with E-state index in [1.165, 1.54) is 18.5 Å². The van der Waals surface area contributed by atoms with Gasteiger partial charge in [-0.05, 0) is 51.0 Å². The lowest BCUT2D eigenvalue weighted by atomic mass is 10.2. The number of aromatic nitrogens is 3. The molecule has 6 nitrogen and oxygen atoms in total. The molecule has 130 valence electrons. The van der Waals surface area contributed by atoms with Crippen molar-refractivity contribution in [3.05, 3.63) is 42.7 Å². The third kappa shape index (κ3) is 3.38. The van der Waals surface area contributed by atoms with E-state index in [4.69, 9.17) is 0 Å². The monoisotopic (exact) mass is 336 g/mol. The summed E-state index contributed by atoms with van der Waals surface area (Å²) in [7, 11) is 0. The number of rotatable bonds is 7. The number of benzene rings is 1. The molecule has 2 N–H and O–H groups in total. The summed E-state index contributed by atoms with van der Waals surface area (Å²) in [6, 6.07) is 11.1. The number of anilines is 4. The molecule has 1 aliphatic rings. The van der Waals surface area contributed by atoms with E-state index in [1.807, 2.05) is 16.8 Å². The number of nitrogens with zero attached hydrogens (tertiary/aromatic N) is 4. The molecule has 6 heteroatoms. The Morgan fingerprint density at radius 3 is 2.60 bits per heavy atom. The standard InChI is InChI=1S/C19H24N6/c1-3-24(4-2)16-9-7-15(8-10-16)22-18-13-17(21-14-5-6-14)19-20-11-12-25(19)23-18/h7-14,21H,3-6H2,1-2H3,(H,22,23). The van der Waals surface area contributed by atoms with Gasteiger partial charge >= 0.3 is 0 Å². The Balaban J connectivity index is 1.57. The molecule has 0 unspecified atom stereocenters. The average Bonchev–Trinajstić information content (AvgIpc) is 3.31. The highest BCUT2D eigenvalue weighted by atomic mass is 15.3. The summed E-state index contributed by atoms with van der Waals surface area (Å²) in [6.07, 6.45) is 6.11. The van der Waals surface area contributed by atoms with Gasteiger partial charge in [0.15, 0.2) is 11.5 Å². The van der Waals surface area contributed by atoms with E-state index in [0.717, 1.165) is 35.9 Å². The molecule has 3 aromatic rings. The zero-order chi connectivity index (χ0) is 17.2. The van der Waals surface area contributed by atoms with Crippen LogP contribution in [0.5, 0.6) is 0 Å². The fourth-order valence-corrected chi connectivity index (χ4v) is 3.02. The van der Waals surface area contributed by atoms with Crippen molar-refractivity contribution in [2.45, 2.75) is 32.7 Å². The molecule has 0 amide bonds. The van der Waals surface area contributed by atoms with E-state index in [9.17, 15) is 0 Å². The van der Waals surface area contributed by atoms with Crippen LogP contribution in [0.1, 0.15) is 26.7 Å². The molecular formula is C19H24N6. The third-order valence-electron chi connectivity index (χ3n) is 4.56. The lowest BCUT2D eigenvalue weighted by Crippen LogP contribution is -2.21. The Labute approximate surface area is 147 Å². The summed E-state index contributed by atoms with van der Waals surface area (Å²) in [4.78, 5) is 6.73. The summed E-state index contributed by atoms with van der Waals surface area (Å²) < 4.78 is 1.82. The van der Waals surface area contributed by atoms with Gasteiger partial charge in [0.1, 0.15) is 0 Å². The number of hydrogen-bond donors (Lipinski definition) is 2. The maximum atomic E-state index is 4.60. The predicted octanol–water partition coefficient (Wildman–Crippen LogP) is 3.89. The fourth-order valence-electron chi connectivity index (χ4n) is 3.02. The smallest absolute Gasteiger partial charge is 0.177 e. The molecule has 0 atom stereocenters. The Morgan fingerprint density at radius 1 is 1.16 bits per heavy atom. The minimum Gasteiger partial charge on any atom is -0.379 e. The first-order valence-corrected chi connectivity index (χ1v) is 8.99. The maximum absolute atomic E-state index is 4.60. The molecule has 0 bridgehead atoms. The Bertz CT molecular complexity index is 846. The highest BCUT2D eigenvalue weighted by Gasteiger charge is 2.22. The molecule has 1 saturated carbocycles. The van der Waals surface area contributed by atoms with Gasteiger partial charge in [-0.15, -0.1) is 5.10 Å². The summed E-state index contributed by atoms with van der Waals surface area (Å²) >= 11 is 0. The highest BCUT2D eigenvalue weighted by Crippen LogP contribution is 2.29. The van der Waals surface area contributed by atoms with Crippen LogP contribution in [0.2, 0.25) is 0 Å². The zero-order valence-electron chi connectivity index (χ0n) is 14.7. The molecule has 25 heavy (non-hydrogen) atoms. The van der Waals surface area contributed by atoms with E-state index in [1.54, 1.807) is 6.20 Å². The van der Waals surface area contributed by atoms with Gasteiger partial charge in [0.25, 0.3) is 0 Å². The van der Waals surface area contributed by atoms with Crippen molar-refractivity contribution in [2.75, 3.05) is 28.6 Å². The Hall–Kier alpha value is -2.76. The highest BCUT2D eigenvalue weighted by molar-refractivity contribution is 5.73. The second-order valence-electron chi connectivity index (χ2n) is 6.40. The first-order valence-electron chi connectivity index (χ1n) is 8.99. The van der Waals surface area contributed by atoms with Crippen LogP contribution in [-0.4, -0.2) is 33.7 Å². The van der Waals surface area contributed by atoms with Crippen LogP contribution in [0.4, 0.5) is 22.9 Å². The Kier molecular flexibility index (Phi) is 4.17. The summed E-state index contributed by atoms with van der Waals surface area (Å²) in [5.41, 5.74) is 4.17. The van der Waals surface area contributed by atoms with Gasteiger partial charge in [-0.3, -0.25) is 0 Å². The lowest BCUT2D eigenvalue weighted by molar-refractivity contribution is 0.866. The molecule has 2 heterocycles. The quantitative estimate of drug-likeness (QED) is 0.685. The van der Waals surface area contributed by atoms with Gasteiger partial charge in [-0.2, -0.15) is 0 Å². The van der Waals surface area contributed by atoms with Crippen molar-refractivity contribution in [1.82, 2.24) is 14.6 Å². The molecule has 1 fully saturated rings. The van der Waals surface area contributed by atoms with E-state index >= 15 is 0 Å². The molecule has 1 aliphatic carbocycles. The van der Waals surface area contributed by atoms with Crippen LogP contribution in [0.3, 0.4) is 0 Å². The molecule has 2 aromatic heterocycles. The van der Waals surface area contributed by atoms with Crippen molar-refractivity contribution >= 4 is 28.5 Å². The number of imidazole rings is 1. The first-order chi connectivity index (χ1) is 12.3. The lowest BCUT2D eigenvalue weighted by Gasteiger charge is -2.21. The second-order valence-corrected chi connectivity index (χ2v) is 6.40. The van der Waals surface area contributed by atoms with Gasteiger partial charge < -0.3 is 15.5 Å². The van der Waals surface area contributed by atoms with Gasteiger partial charge in [-0.1, -0.05) is 0 Å². The van der Waals surface area contributed by atoms with Crippen LogP contribution in [0, 0.1) is 0 Å². The van der Waals surface area contributed by atoms with Crippen LogP contribution in [0.15, 0.2) is 42.7 Å². The van der Waals surface area contributed by atoms with E-state index in [-0.39, 0.29) is 0 Å². The molecule has 4 rings (SSSR count). The molecule has 0 spiro atoms. The van der Waals surface area contributed by atoms with Gasteiger partial charge in [0.05, 0.1) is 5.69 Å². The topological polar surface area (TPSA) is 57.5 Å². The first kappa shape index (κ1) is 15.7. The summed E-state index contributed by atoms with van der Waals surface area (Å²) in [5.74, 6) is 0.809. The molecule has 0 radical (unpaired) electrons. The average molecular weight is 336 g/mol. The minimum atomic E-state index is 0.573. The third-order valence-corrected chi connectivity index (χ3v) is 4.56. The van der Waals surface area contributed by atoms with Gasteiger partial charge in [-0.25, -0.2) is 9.50 Å². The van der Waals surface area contributed by atoms with Crippen LogP contribution in [0.25, 0.3) is 5.65 Å². The minimum absolute atomic E-state index is 0.573. The van der Waals surface area contributed by atoms with Crippen molar-refractivity contribution < 1.29 is 0 Å². The largest absolute Gasteiger partial charge is 0.379 e. The molecule has 1 aromatic carbocycles. The van der Waals surface area contributed by atoms with Crippen molar-refractivity contribution in [2.24, 2.45) is 0 Å². The predicted molar refractivity (Wildman–Crippen MR) is 103 cm³/mol. The van der Waals surface area contributed by atoms with Crippen LogP contribution >= 0.6 is 0 Å². The molecule has 0 aliphatic heterocycles. The van der Waals surface area contributed by atoms with Crippen molar-refractivity contribution in [3.8, 4) is 0 Å². The zero-order valence-corrected chi connectivity index (χ0v) is 14.7. The summed E-state index contributed by atoms with van der Waals surface area (Å²) in [6.45, 7) is 6.37. The fraction of sp³-hybridized carbons (Fsp3) is 0.368. The SMILES string of the molecule is CCN(CC)c1ccc(Nc2cc(NC3CC3)c3nccn3n2)cc1. The van der Waals surface area contributed by atoms with Gasteiger partial charge in [0.2, 0.25) is 0 Å². The van der Waals surface area contributed by atoms with E-state index < -0.39 is 0 Å². The van der Waals surface area contributed by atoms with Crippen molar-refractivity contribution in [3.63, 3.8) is 0 Å². The molecular weight excluding hydrogens is 312 g/mol. The number of nitrogens with one attached hydrogen (secondary N) is 2. The van der Waals surface area contributed by atoms with Crippen LogP contribution in [-0.2, 0) is 0 Å². The number of fused-ring (bicyclic) bond motifs is 1. The van der Waals surface area contributed by atoms with Crippen LogP contribution < -0.4 is 15.5 Å². The van der Waals surface area contributed by atoms with E-state index in [0.29, 0.717) is 6.04 Å². The second kappa shape index (κ2) is 6.63. The maximum Gasteiger partial charge on any atom is 0.177 e. The summed E-state index contributed by atoms with van der Waals surface area (Å²) in [5, 5.41) is 11.5. The van der Waals surface area contributed by atoms with Crippen molar-refractivity contribution in [1.29, 1.82) is 0 Å². The Morgan fingerprint density at radius 2 is 1.92 bits per heavy atom. The molecule has 0 saturated heterocycles. The normalized spacial score (nSPS) is 13.8. The van der Waals surface area contributed by atoms with E-state index in [2.05, 4.69) is 63.7 Å². The number of hydrogen-bond acceptors (Lipinski definition) is 5.